The molecule has 1 fully saturated rings. The largest absolute Gasteiger partial charge is 0.382 e. The van der Waals surface area contributed by atoms with E-state index in [0.29, 0.717) is 11.5 Å². The predicted octanol–water partition coefficient (Wildman–Crippen LogP) is 5.01. The number of benzene rings is 1. The van der Waals surface area contributed by atoms with E-state index < -0.39 is 0 Å². The summed E-state index contributed by atoms with van der Waals surface area (Å²) in [5.41, 5.74) is 2.82. The Morgan fingerprint density at radius 3 is 2.90 bits per heavy atom. The van der Waals surface area contributed by atoms with Gasteiger partial charge in [0.15, 0.2) is 0 Å². The lowest BCUT2D eigenvalue weighted by Crippen LogP contribution is -2.19. The van der Waals surface area contributed by atoms with E-state index in [1.807, 2.05) is 12.3 Å². The Morgan fingerprint density at radius 1 is 1.10 bits per heavy atom. The van der Waals surface area contributed by atoms with Crippen LogP contribution in [0.15, 0.2) is 36.5 Å². The van der Waals surface area contributed by atoms with Crippen molar-refractivity contribution in [1.29, 1.82) is 0 Å². The predicted molar refractivity (Wildman–Crippen MR) is 86.0 cm³/mol. The van der Waals surface area contributed by atoms with Crippen LogP contribution in [0.4, 0.5) is 5.69 Å². The summed E-state index contributed by atoms with van der Waals surface area (Å²) in [5, 5.41) is 5.00. The highest BCUT2D eigenvalue weighted by atomic mass is 14.9. The van der Waals surface area contributed by atoms with Crippen LogP contribution in [0.25, 0.3) is 10.9 Å². The van der Waals surface area contributed by atoms with Crippen molar-refractivity contribution in [3.8, 4) is 0 Å². The van der Waals surface area contributed by atoms with Crippen molar-refractivity contribution >= 4 is 16.6 Å². The van der Waals surface area contributed by atoms with Gasteiger partial charge in [-0.3, -0.25) is 4.98 Å². The highest BCUT2D eigenvalue weighted by Gasteiger charge is 2.24. The van der Waals surface area contributed by atoms with Gasteiger partial charge in [0.2, 0.25) is 0 Å². The molecule has 20 heavy (non-hydrogen) atoms. The van der Waals surface area contributed by atoms with E-state index >= 15 is 0 Å². The Hall–Kier alpha value is -1.57. The van der Waals surface area contributed by atoms with E-state index in [0.717, 1.165) is 5.52 Å². The average molecular weight is 268 g/mol. The van der Waals surface area contributed by atoms with Gasteiger partial charge in [-0.05, 0) is 55.4 Å². The minimum atomic E-state index is 0.511. The number of anilines is 1. The van der Waals surface area contributed by atoms with Crippen LogP contribution < -0.4 is 5.32 Å². The Bertz CT molecular complexity index is 583. The zero-order chi connectivity index (χ0) is 14.0. The van der Waals surface area contributed by atoms with Crippen molar-refractivity contribution in [3.05, 3.63) is 36.5 Å². The average Bonchev–Trinajstić information content (AvgIpc) is 2.61. The van der Waals surface area contributed by atoms with E-state index in [1.165, 1.54) is 43.2 Å². The van der Waals surface area contributed by atoms with Crippen molar-refractivity contribution < 1.29 is 0 Å². The molecule has 0 bridgehead atoms. The summed E-state index contributed by atoms with van der Waals surface area (Å²) >= 11 is 0. The number of fused-ring (bicyclic) bond motifs is 1. The Balaban J connectivity index is 1.79. The fourth-order valence-corrected chi connectivity index (χ4v) is 3.25. The van der Waals surface area contributed by atoms with E-state index in [-0.39, 0.29) is 0 Å². The van der Waals surface area contributed by atoms with Gasteiger partial charge in [-0.2, -0.15) is 0 Å². The Kier molecular flexibility index (Phi) is 3.64. The second kappa shape index (κ2) is 5.43. The molecule has 1 atom stereocenters. The van der Waals surface area contributed by atoms with Crippen molar-refractivity contribution in [2.45, 2.75) is 52.0 Å². The molecule has 3 rings (SSSR count). The molecule has 1 aliphatic carbocycles. The molecule has 2 nitrogen and oxygen atoms in total. The van der Waals surface area contributed by atoms with E-state index in [2.05, 4.69) is 48.4 Å². The van der Waals surface area contributed by atoms with Crippen molar-refractivity contribution in [2.24, 2.45) is 5.41 Å². The quantitative estimate of drug-likeness (QED) is 0.775. The van der Waals surface area contributed by atoms with Crippen LogP contribution in [0.5, 0.6) is 0 Å². The molecule has 2 heteroatoms. The van der Waals surface area contributed by atoms with Crippen LogP contribution in [0.1, 0.15) is 46.0 Å². The fraction of sp³-hybridized carbons (Fsp3) is 0.500. The highest BCUT2D eigenvalue weighted by Crippen LogP contribution is 2.35. The molecule has 1 saturated carbocycles. The van der Waals surface area contributed by atoms with Crippen LogP contribution in [-0.2, 0) is 0 Å². The minimum absolute atomic E-state index is 0.511. The van der Waals surface area contributed by atoms with Gasteiger partial charge in [0.25, 0.3) is 0 Å². The molecular weight excluding hydrogens is 244 g/mol. The fourth-order valence-electron chi connectivity index (χ4n) is 3.25. The van der Waals surface area contributed by atoms with Gasteiger partial charge in [-0.25, -0.2) is 0 Å². The van der Waals surface area contributed by atoms with Gasteiger partial charge < -0.3 is 5.32 Å². The monoisotopic (exact) mass is 268 g/mol. The van der Waals surface area contributed by atoms with Crippen LogP contribution in [0.2, 0.25) is 0 Å². The molecule has 0 radical (unpaired) electrons. The van der Waals surface area contributed by atoms with Gasteiger partial charge in [0.05, 0.1) is 5.52 Å². The third-order valence-electron chi connectivity index (χ3n) is 4.58. The Morgan fingerprint density at radius 2 is 2.00 bits per heavy atom. The van der Waals surface area contributed by atoms with Crippen molar-refractivity contribution in [2.75, 3.05) is 5.32 Å². The van der Waals surface area contributed by atoms with Crippen molar-refractivity contribution in [1.82, 2.24) is 4.98 Å². The van der Waals surface area contributed by atoms with Crippen LogP contribution in [-0.4, -0.2) is 11.0 Å². The van der Waals surface area contributed by atoms with Crippen LogP contribution in [0, 0.1) is 5.41 Å². The number of rotatable bonds is 2. The summed E-state index contributed by atoms with van der Waals surface area (Å²) in [5.74, 6) is 0. The maximum Gasteiger partial charge on any atom is 0.0722 e. The molecule has 0 spiro atoms. The smallest absolute Gasteiger partial charge is 0.0722 e. The molecular formula is C18H24N2. The molecule has 106 valence electrons. The first-order valence-electron chi connectivity index (χ1n) is 7.74. The van der Waals surface area contributed by atoms with E-state index in [1.54, 1.807) is 0 Å². The molecule has 1 aliphatic rings. The molecule has 0 amide bonds. The van der Waals surface area contributed by atoms with Gasteiger partial charge in [0, 0.05) is 23.3 Å². The Labute approximate surface area is 121 Å². The molecule has 1 aromatic carbocycles. The molecule has 1 aromatic heterocycles. The topological polar surface area (TPSA) is 24.9 Å². The molecule has 0 aliphatic heterocycles. The molecule has 1 heterocycles. The lowest BCUT2D eigenvalue weighted by molar-refractivity contribution is 0.313. The SMILES string of the molecule is CC1(C)CCCC(Nc2cccc3ncccc23)CC1. The first-order chi connectivity index (χ1) is 9.64. The standard InChI is InChI=1S/C18H24N2/c1-18(2)11-4-6-14(10-12-18)20-17-9-3-8-16-15(17)7-5-13-19-16/h3,5,7-9,13-14,20H,4,6,10-12H2,1-2H3. The summed E-state index contributed by atoms with van der Waals surface area (Å²) < 4.78 is 0. The minimum Gasteiger partial charge on any atom is -0.382 e. The second-order valence-corrected chi connectivity index (χ2v) is 6.81. The first kappa shape index (κ1) is 13.4. The van der Waals surface area contributed by atoms with Gasteiger partial charge >= 0.3 is 0 Å². The summed E-state index contributed by atoms with van der Waals surface area (Å²) in [7, 11) is 0. The number of hydrogen-bond acceptors (Lipinski definition) is 2. The van der Waals surface area contributed by atoms with Crippen LogP contribution in [0.3, 0.4) is 0 Å². The summed E-state index contributed by atoms with van der Waals surface area (Å²) in [6.07, 6.45) is 8.40. The summed E-state index contributed by atoms with van der Waals surface area (Å²) in [6.45, 7) is 4.80. The summed E-state index contributed by atoms with van der Waals surface area (Å²) in [6, 6.07) is 11.1. The van der Waals surface area contributed by atoms with E-state index in [4.69, 9.17) is 0 Å². The lowest BCUT2D eigenvalue weighted by Gasteiger charge is -2.22. The molecule has 1 unspecified atom stereocenters. The number of pyridine rings is 1. The third-order valence-corrected chi connectivity index (χ3v) is 4.58. The number of aromatic nitrogens is 1. The number of nitrogens with zero attached hydrogens (tertiary/aromatic N) is 1. The molecule has 1 N–H and O–H groups in total. The lowest BCUT2D eigenvalue weighted by atomic mass is 9.85. The second-order valence-electron chi connectivity index (χ2n) is 6.81. The third kappa shape index (κ3) is 2.95. The zero-order valence-electron chi connectivity index (χ0n) is 12.5. The summed E-state index contributed by atoms with van der Waals surface area (Å²) in [4.78, 5) is 4.44. The van der Waals surface area contributed by atoms with Crippen molar-refractivity contribution in [3.63, 3.8) is 0 Å². The highest BCUT2D eigenvalue weighted by molar-refractivity contribution is 5.91. The first-order valence-corrected chi connectivity index (χ1v) is 7.74. The number of nitrogens with one attached hydrogen (secondary N) is 1. The zero-order valence-corrected chi connectivity index (χ0v) is 12.5. The van der Waals surface area contributed by atoms with Crippen LogP contribution >= 0.6 is 0 Å². The maximum atomic E-state index is 4.44. The molecule has 2 aromatic rings. The number of hydrogen-bond donors (Lipinski definition) is 1. The molecule has 0 saturated heterocycles. The van der Waals surface area contributed by atoms with Gasteiger partial charge in [0.1, 0.15) is 0 Å². The van der Waals surface area contributed by atoms with Gasteiger partial charge in [-0.1, -0.05) is 26.3 Å². The normalized spacial score (nSPS) is 22.4. The van der Waals surface area contributed by atoms with Gasteiger partial charge in [-0.15, -0.1) is 0 Å². The van der Waals surface area contributed by atoms with E-state index in [9.17, 15) is 0 Å². The maximum absolute atomic E-state index is 4.44.